The molecule has 0 aliphatic rings. The van der Waals surface area contributed by atoms with Crippen LogP contribution in [-0.2, 0) is 29.6 Å². The van der Waals surface area contributed by atoms with Crippen molar-refractivity contribution in [2.45, 2.75) is 52.7 Å². The number of carboxylic acids is 1. The van der Waals surface area contributed by atoms with Gasteiger partial charge in [-0.25, -0.2) is 9.59 Å². The van der Waals surface area contributed by atoms with Gasteiger partial charge in [-0.05, 0) is 52.3 Å². The van der Waals surface area contributed by atoms with Gasteiger partial charge >= 0.3 is 19.7 Å². The fourth-order valence-electron chi connectivity index (χ4n) is 2.23. The standard InChI is InChI=1S/C18H28NO7P/c1-6-24-27(23,25-7-2)14-10-8-13(9-11-14)12-15(16(20)21)19-17(22)26-18(3,4)5/h8-11,15H,6-7,12H2,1-5H3,(H,19,22)(H,20,21). The summed E-state index contributed by atoms with van der Waals surface area (Å²) in [6, 6.07) is 5.26. The third kappa shape index (κ3) is 7.71. The molecule has 1 aromatic rings. The van der Waals surface area contributed by atoms with Crippen LogP contribution in [0.15, 0.2) is 24.3 Å². The van der Waals surface area contributed by atoms with Crippen LogP contribution in [0.1, 0.15) is 40.2 Å². The number of nitrogens with one attached hydrogen (secondary N) is 1. The Bertz CT molecular complexity index is 672. The Kier molecular flexibility index (Phi) is 8.47. The Morgan fingerprint density at radius 2 is 1.63 bits per heavy atom. The van der Waals surface area contributed by atoms with Crippen LogP contribution in [0.25, 0.3) is 0 Å². The van der Waals surface area contributed by atoms with E-state index in [-0.39, 0.29) is 19.6 Å². The van der Waals surface area contributed by atoms with E-state index in [0.717, 1.165) is 0 Å². The third-order valence-electron chi connectivity index (χ3n) is 3.28. The number of aliphatic carboxylic acids is 1. The second kappa shape index (κ2) is 9.88. The number of ether oxygens (including phenoxy) is 1. The summed E-state index contributed by atoms with van der Waals surface area (Å²) in [5, 5.41) is 12.1. The number of hydrogen-bond acceptors (Lipinski definition) is 6. The van der Waals surface area contributed by atoms with Gasteiger partial charge in [0.05, 0.1) is 18.5 Å². The highest BCUT2D eigenvalue weighted by molar-refractivity contribution is 7.62. The summed E-state index contributed by atoms with van der Waals surface area (Å²) in [4.78, 5) is 23.3. The van der Waals surface area contributed by atoms with E-state index in [2.05, 4.69) is 5.32 Å². The van der Waals surface area contributed by atoms with Crippen molar-refractivity contribution in [3.63, 3.8) is 0 Å². The SMILES string of the molecule is CCOP(=O)(OCC)c1ccc(CC(NC(=O)OC(C)(C)C)C(=O)O)cc1. The first-order chi connectivity index (χ1) is 12.5. The second-order valence-corrected chi connectivity index (χ2v) is 8.77. The first-order valence-corrected chi connectivity index (χ1v) is 10.3. The van der Waals surface area contributed by atoms with E-state index in [1.165, 1.54) is 0 Å². The smallest absolute Gasteiger partial charge is 0.408 e. The number of carbonyl (C=O) groups excluding carboxylic acids is 1. The zero-order chi connectivity index (χ0) is 20.7. The molecule has 27 heavy (non-hydrogen) atoms. The van der Waals surface area contributed by atoms with Gasteiger partial charge in [0.1, 0.15) is 11.6 Å². The number of amides is 1. The monoisotopic (exact) mass is 401 g/mol. The van der Waals surface area contributed by atoms with Gasteiger partial charge in [-0.15, -0.1) is 0 Å². The highest BCUT2D eigenvalue weighted by atomic mass is 31.2. The number of hydrogen-bond donors (Lipinski definition) is 2. The molecule has 0 bridgehead atoms. The summed E-state index contributed by atoms with van der Waals surface area (Å²) in [6.45, 7) is 8.99. The summed E-state index contributed by atoms with van der Waals surface area (Å²) in [7, 11) is -3.40. The molecule has 0 spiro atoms. The molecule has 1 amide bonds. The van der Waals surface area contributed by atoms with Gasteiger partial charge in [0, 0.05) is 6.42 Å². The van der Waals surface area contributed by atoms with Crippen LogP contribution < -0.4 is 10.6 Å². The maximum absolute atomic E-state index is 12.7. The van der Waals surface area contributed by atoms with Gasteiger partial charge in [-0.2, -0.15) is 0 Å². The molecule has 1 atom stereocenters. The molecule has 0 saturated carbocycles. The molecule has 152 valence electrons. The van der Waals surface area contributed by atoms with Gasteiger partial charge in [0.15, 0.2) is 0 Å². The van der Waals surface area contributed by atoms with E-state index in [0.29, 0.717) is 10.9 Å². The van der Waals surface area contributed by atoms with E-state index < -0.39 is 31.3 Å². The average Bonchev–Trinajstić information content (AvgIpc) is 2.53. The summed E-state index contributed by atoms with van der Waals surface area (Å²) in [5.41, 5.74) is -0.0872. The Morgan fingerprint density at radius 1 is 1.11 bits per heavy atom. The molecule has 0 aliphatic heterocycles. The molecule has 9 heteroatoms. The van der Waals surface area contributed by atoms with Crippen molar-refractivity contribution in [1.82, 2.24) is 5.32 Å². The van der Waals surface area contributed by atoms with Crippen molar-refractivity contribution < 1.29 is 33.0 Å². The highest BCUT2D eigenvalue weighted by Gasteiger charge is 2.27. The number of alkyl carbamates (subject to hydrolysis) is 1. The molecule has 0 fully saturated rings. The van der Waals surface area contributed by atoms with E-state index in [9.17, 15) is 19.3 Å². The zero-order valence-electron chi connectivity index (χ0n) is 16.4. The normalized spacial score (nSPS) is 13.1. The van der Waals surface area contributed by atoms with Crippen molar-refractivity contribution in [2.24, 2.45) is 0 Å². The average molecular weight is 401 g/mol. The van der Waals surface area contributed by atoms with E-state index in [1.54, 1.807) is 58.9 Å². The predicted octanol–water partition coefficient (Wildman–Crippen LogP) is 3.10. The molecular weight excluding hydrogens is 373 g/mol. The van der Waals surface area contributed by atoms with Crippen molar-refractivity contribution in [3.8, 4) is 0 Å². The maximum atomic E-state index is 12.7. The third-order valence-corrected chi connectivity index (χ3v) is 5.41. The van der Waals surface area contributed by atoms with Crippen LogP contribution in [-0.4, -0.2) is 42.0 Å². The molecule has 0 aromatic heterocycles. The Morgan fingerprint density at radius 3 is 2.04 bits per heavy atom. The summed E-state index contributed by atoms with van der Waals surface area (Å²) in [6.07, 6.45) is -0.758. The summed E-state index contributed by atoms with van der Waals surface area (Å²) < 4.78 is 28.4. The van der Waals surface area contributed by atoms with Gasteiger partial charge in [0.2, 0.25) is 0 Å². The van der Waals surface area contributed by atoms with Crippen molar-refractivity contribution in [3.05, 3.63) is 29.8 Å². The summed E-state index contributed by atoms with van der Waals surface area (Å²) in [5.74, 6) is -1.18. The molecule has 1 aromatic carbocycles. The zero-order valence-corrected chi connectivity index (χ0v) is 17.2. The first kappa shape index (κ1) is 23.1. The van der Waals surface area contributed by atoms with Crippen LogP contribution >= 0.6 is 7.60 Å². The predicted molar refractivity (Wildman–Crippen MR) is 101 cm³/mol. The summed E-state index contributed by atoms with van der Waals surface area (Å²) >= 11 is 0. The van der Waals surface area contributed by atoms with Crippen molar-refractivity contribution in [2.75, 3.05) is 13.2 Å². The Labute approximate surface area is 159 Å². The van der Waals surface area contributed by atoms with Crippen molar-refractivity contribution in [1.29, 1.82) is 0 Å². The number of carbonyl (C=O) groups is 2. The molecule has 2 N–H and O–H groups in total. The first-order valence-electron chi connectivity index (χ1n) is 8.71. The van der Waals surface area contributed by atoms with E-state index in [4.69, 9.17) is 13.8 Å². The number of carboxylic acid groups (broad SMARTS) is 1. The van der Waals surface area contributed by atoms with Crippen LogP contribution in [0, 0.1) is 0 Å². The molecular formula is C18H28NO7P. The van der Waals surface area contributed by atoms with Gasteiger partial charge in [-0.3, -0.25) is 4.57 Å². The highest BCUT2D eigenvalue weighted by Crippen LogP contribution is 2.46. The maximum Gasteiger partial charge on any atom is 0.408 e. The van der Waals surface area contributed by atoms with E-state index in [1.807, 2.05) is 0 Å². The largest absolute Gasteiger partial charge is 0.480 e. The van der Waals surface area contributed by atoms with Gasteiger partial charge in [0.25, 0.3) is 0 Å². The molecule has 0 heterocycles. The molecule has 1 rings (SSSR count). The molecule has 1 unspecified atom stereocenters. The number of rotatable bonds is 9. The minimum absolute atomic E-state index is 0.0441. The fourth-order valence-corrected chi connectivity index (χ4v) is 3.79. The lowest BCUT2D eigenvalue weighted by atomic mass is 10.1. The number of benzene rings is 1. The Balaban J connectivity index is 2.88. The quantitative estimate of drug-likeness (QED) is 0.612. The van der Waals surface area contributed by atoms with Crippen LogP contribution in [0.3, 0.4) is 0 Å². The minimum Gasteiger partial charge on any atom is -0.480 e. The van der Waals surface area contributed by atoms with Gasteiger partial charge < -0.3 is 24.2 Å². The lowest BCUT2D eigenvalue weighted by Gasteiger charge is -2.22. The lowest BCUT2D eigenvalue weighted by molar-refractivity contribution is -0.139. The molecule has 0 saturated heterocycles. The van der Waals surface area contributed by atoms with Crippen LogP contribution in [0.5, 0.6) is 0 Å². The lowest BCUT2D eigenvalue weighted by Crippen LogP contribution is -2.44. The molecule has 0 radical (unpaired) electrons. The molecule has 0 aliphatic carbocycles. The van der Waals surface area contributed by atoms with E-state index >= 15 is 0 Å². The minimum atomic E-state index is -3.40. The van der Waals surface area contributed by atoms with Gasteiger partial charge in [-0.1, -0.05) is 12.1 Å². The molecule has 8 nitrogen and oxygen atoms in total. The fraction of sp³-hybridized carbons (Fsp3) is 0.556. The van der Waals surface area contributed by atoms with Crippen molar-refractivity contribution >= 4 is 25.0 Å². The second-order valence-electron chi connectivity index (χ2n) is 6.74. The van der Waals surface area contributed by atoms with Crippen LogP contribution in [0.4, 0.5) is 4.79 Å². The Hall–Kier alpha value is -1.89. The topological polar surface area (TPSA) is 111 Å². The van der Waals surface area contributed by atoms with Crippen LogP contribution in [0.2, 0.25) is 0 Å².